The van der Waals surface area contributed by atoms with E-state index in [1.54, 1.807) is 0 Å². The monoisotopic (exact) mass is 420 g/mol. The van der Waals surface area contributed by atoms with Gasteiger partial charge in [0.2, 0.25) is 0 Å². The second-order valence-electron chi connectivity index (χ2n) is 9.64. The largest absolute Gasteiger partial charge is 0.321 e. The lowest BCUT2D eigenvalue weighted by atomic mass is 9.95. The molecule has 7 nitrogen and oxygen atoms in total. The molecule has 1 saturated heterocycles. The first-order valence-electron chi connectivity index (χ1n) is 11.7. The molecule has 2 aromatic heterocycles. The minimum Gasteiger partial charge on any atom is -0.321 e. The van der Waals surface area contributed by atoms with Crippen LogP contribution in [0.1, 0.15) is 80.0 Å². The van der Waals surface area contributed by atoms with E-state index in [1.165, 1.54) is 18.4 Å². The van der Waals surface area contributed by atoms with Crippen molar-refractivity contribution >= 4 is 10.9 Å². The molecular weight excluding hydrogens is 388 g/mol. The fourth-order valence-corrected chi connectivity index (χ4v) is 5.48. The number of pyridine rings is 1. The lowest BCUT2D eigenvalue weighted by molar-refractivity contribution is 0.147. The highest BCUT2D eigenvalue weighted by molar-refractivity contribution is 5.83. The van der Waals surface area contributed by atoms with Crippen LogP contribution in [0.4, 0.5) is 0 Å². The van der Waals surface area contributed by atoms with E-state index in [0.29, 0.717) is 12.0 Å². The van der Waals surface area contributed by atoms with E-state index in [9.17, 15) is 4.79 Å². The lowest BCUT2D eigenvalue weighted by Crippen LogP contribution is -2.40. The number of hydrogen-bond donors (Lipinski definition) is 1. The van der Waals surface area contributed by atoms with Crippen LogP contribution in [0.15, 0.2) is 23.0 Å². The number of likely N-dealkylation sites (tertiary alicyclic amines) is 1. The van der Waals surface area contributed by atoms with Crippen LogP contribution < -0.4 is 5.56 Å². The van der Waals surface area contributed by atoms with Crippen LogP contribution in [0.5, 0.6) is 0 Å². The number of aromatic amines is 1. The Morgan fingerprint density at radius 2 is 1.81 bits per heavy atom. The van der Waals surface area contributed by atoms with Gasteiger partial charge in [-0.2, -0.15) is 0 Å². The molecule has 164 valence electrons. The number of fused-ring (bicyclic) bond motifs is 1. The summed E-state index contributed by atoms with van der Waals surface area (Å²) in [6, 6.07) is 6.45. The highest BCUT2D eigenvalue weighted by Crippen LogP contribution is 2.35. The molecule has 2 fully saturated rings. The molecule has 1 saturated carbocycles. The van der Waals surface area contributed by atoms with E-state index < -0.39 is 0 Å². The molecule has 0 bridgehead atoms. The summed E-state index contributed by atoms with van der Waals surface area (Å²) in [5.74, 6) is 1.53. The van der Waals surface area contributed by atoms with Gasteiger partial charge in [0.1, 0.15) is 6.04 Å². The summed E-state index contributed by atoms with van der Waals surface area (Å²) in [4.78, 5) is 19.0. The highest BCUT2D eigenvalue weighted by Gasteiger charge is 2.34. The molecule has 0 spiro atoms. The van der Waals surface area contributed by atoms with Crippen molar-refractivity contribution in [2.24, 2.45) is 5.92 Å². The predicted molar refractivity (Wildman–Crippen MR) is 121 cm³/mol. The van der Waals surface area contributed by atoms with Gasteiger partial charge in [-0.25, -0.2) is 4.68 Å². The maximum atomic E-state index is 13.4. The molecular formula is C24H32N6O. The van der Waals surface area contributed by atoms with Crippen LogP contribution in [-0.4, -0.2) is 43.2 Å². The predicted octanol–water partition coefficient (Wildman–Crippen LogP) is 4.07. The SMILES string of the molecule is Cc1cc(C)c2[nH]c(=O)c([C@@H](c3nnnn3C3CCCC3)N3CCC(C)CC3)cc2c1. The lowest BCUT2D eigenvalue weighted by Gasteiger charge is -2.36. The number of nitrogens with zero attached hydrogens (tertiary/aromatic N) is 5. The van der Waals surface area contributed by atoms with E-state index >= 15 is 0 Å². The number of hydrogen-bond acceptors (Lipinski definition) is 5. The van der Waals surface area contributed by atoms with Crippen molar-refractivity contribution in [3.05, 3.63) is 51.1 Å². The fourth-order valence-electron chi connectivity index (χ4n) is 5.48. The Labute approximate surface area is 182 Å². The molecule has 7 heteroatoms. The van der Waals surface area contributed by atoms with Crippen LogP contribution in [0.3, 0.4) is 0 Å². The van der Waals surface area contributed by atoms with Gasteiger partial charge in [0, 0.05) is 5.56 Å². The van der Waals surface area contributed by atoms with Crippen molar-refractivity contribution in [2.75, 3.05) is 13.1 Å². The highest BCUT2D eigenvalue weighted by atomic mass is 16.1. The van der Waals surface area contributed by atoms with Crippen molar-refractivity contribution < 1.29 is 0 Å². The Kier molecular flexibility index (Phi) is 5.38. The summed E-state index contributed by atoms with van der Waals surface area (Å²) in [6.07, 6.45) is 6.90. The molecule has 0 unspecified atom stereocenters. The van der Waals surface area contributed by atoms with Crippen LogP contribution in [0, 0.1) is 19.8 Å². The van der Waals surface area contributed by atoms with Gasteiger partial charge in [-0.05, 0) is 92.0 Å². The van der Waals surface area contributed by atoms with Crippen molar-refractivity contribution in [3.8, 4) is 0 Å². The second-order valence-corrected chi connectivity index (χ2v) is 9.64. The summed E-state index contributed by atoms with van der Waals surface area (Å²) in [5.41, 5.74) is 3.92. The first-order valence-corrected chi connectivity index (χ1v) is 11.7. The van der Waals surface area contributed by atoms with Gasteiger partial charge >= 0.3 is 0 Å². The van der Waals surface area contributed by atoms with Gasteiger partial charge in [0.25, 0.3) is 5.56 Å². The molecule has 1 atom stereocenters. The minimum atomic E-state index is -0.225. The summed E-state index contributed by atoms with van der Waals surface area (Å²) in [6.45, 7) is 8.36. The average Bonchev–Trinajstić information content (AvgIpc) is 3.42. The first kappa shape index (κ1) is 20.4. The fraction of sp³-hybridized carbons (Fsp3) is 0.583. The van der Waals surface area contributed by atoms with Crippen molar-refractivity contribution in [1.82, 2.24) is 30.1 Å². The zero-order valence-corrected chi connectivity index (χ0v) is 18.8. The molecule has 3 heterocycles. The summed E-state index contributed by atoms with van der Waals surface area (Å²) < 4.78 is 2.01. The molecule has 1 aliphatic carbocycles. The first-order chi connectivity index (χ1) is 15.0. The van der Waals surface area contributed by atoms with Gasteiger partial charge in [0.15, 0.2) is 5.82 Å². The Balaban J connectivity index is 1.66. The van der Waals surface area contributed by atoms with E-state index in [4.69, 9.17) is 0 Å². The van der Waals surface area contributed by atoms with E-state index in [0.717, 1.165) is 66.6 Å². The van der Waals surface area contributed by atoms with Gasteiger partial charge in [-0.15, -0.1) is 5.10 Å². The van der Waals surface area contributed by atoms with Gasteiger partial charge in [-0.1, -0.05) is 31.4 Å². The number of nitrogens with one attached hydrogen (secondary N) is 1. The number of tetrazole rings is 1. The number of aromatic nitrogens is 5. The molecule has 1 N–H and O–H groups in total. The van der Waals surface area contributed by atoms with Crippen LogP contribution >= 0.6 is 0 Å². The Morgan fingerprint density at radius 3 is 2.55 bits per heavy atom. The maximum absolute atomic E-state index is 13.4. The summed E-state index contributed by atoms with van der Waals surface area (Å²) in [5, 5.41) is 14.0. The molecule has 0 amide bonds. The van der Waals surface area contributed by atoms with Crippen molar-refractivity contribution in [1.29, 1.82) is 0 Å². The normalized spacial score (nSPS) is 20.0. The molecule has 1 aromatic carbocycles. The van der Waals surface area contributed by atoms with Crippen molar-refractivity contribution in [2.45, 2.75) is 71.4 Å². The number of benzene rings is 1. The average molecular weight is 421 g/mol. The molecule has 3 aromatic rings. The third kappa shape index (κ3) is 3.80. The Hall–Kier alpha value is -2.54. The van der Waals surface area contributed by atoms with Gasteiger partial charge in [-0.3, -0.25) is 9.69 Å². The number of rotatable bonds is 4. The zero-order chi connectivity index (χ0) is 21.5. The third-order valence-electron chi connectivity index (χ3n) is 7.23. The summed E-state index contributed by atoms with van der Waals surface area (Å²) in [7, 11) is 0. The van der Waals surface area contributed by atoms with Crippen LogP contribution in [0.25, 0.3) is 10.9 Å². The minimum absolute atomic E-state index is 0.0379. The molecule has 2 aliphatic rings. The maximum Gasteiger partial charge on any atom is 0.253 e. The van der Waals surface area contributed by atoms with Gasteiger partial charge < -0.3 is 4.98 Å². The summed E-state index contributed by atoms with van der Waals surface area (Å²) >= 11 is 0. The number of piperidine rings is 1. The van der Waals surface area contributed by atoms with E-state index in [-0.39, 0.29) is 11.6 Å². The second kappa shape index (κ2) is 8.19. The molecule has 1 aliphatic heterocycles. The van der Waals surface area contributed by atoms with Gasteiger partial charge in [0.05, 0.1) is 11.6 Å². The van der Waals surface area contributed by atoms with Crippen LogP contribution in [-0.2, 0) is 0 Å². The number of H-pyrrole nitrogens is 1. The molecule has 5 rings (SSSR count). The van der Waals surface area contributed by atoms with E-state index in [2.05, 4.69) is 64.4 Å². The molecule has 0 radical (unpaired) electrons. The topological polar surface area (TPSA) is 79.7 Å². The van der Waals surface area contributed by atoms with Crippen molar-refractivity contribution in [3.63, 3.8) is 0 Å². The molecule has 31 heavy (non-hydrogen) atoms. The smallest absolute Gasteiger partial charge is 0.253 e. The number of aryl methyl sites for hydroxylation is 2. The standard InChI is InChI=1S/C24H32N6O/c1-15-8-10-29(11-9-15)22(23-26-27-28-30(23)19-6-4-5-7-19)20-14-18-13-16(2)12-17(3)21(18)25-24(20)31/h12-15,19,22H,4-11H2,1-3H3,(H,25,31)/t22-/m0/s1. The Morgan fingerprint density at radius 1 is 1.06 bits per heavy atom. The quantitative estimate of drug-likeness (QED) is 0.688. The zero-order valence-electron chi connectivity index (χ0n) is 18.8. The Bertz CT molecular complexity index is 1130. The third-order valence-corrected chi connectivity index (χ3v) is 7.23. The van der Waals surface area contributed by atoms with E-state index in [1.807, 2.05) is 4.68 Å². The van der Waals surface area contributed by atoms with Crippen LogP contribution in [0.2, 0.25) is 0 Å².